The summed E-state index contributed by atoms with van der Waals surface area (Å²) in [7, 11) is 0. The van der Waals surface area contributed by atoms with Crippen LogP contribution < -0.4 is 5.63 Å². The van der Waals surface area contributed by atoms with Crippen LogP contribution in [0, 0.1) is 11.8 Å². The summed E-state index contributed by atoms with van der Waals surface area (Å²) in [5.74, 6) is 1.13. The molecule has 1 amide bonds. The standard InChI is InChI=1S/C22H28N2O3/c1-16-8-11-23(12-9-16)14-17-5-4-10-24(15-17)21(25)19-13-18-6-2-3-7-20(18)27-22(19)26/h2-3,6-7,13,16-17H,4-5,8-12,14-15H2,1H3/t17-/m1/s1. The molecule has 0 unspecified atom stereocenters. The molecule has 0 aliphatic carbocycles. The maximum Gasteiger partial charge on any atom is 0.349 e. The van der Waals surface area contributed by atoms with Gasteiger partial charge in [-0.1, -0.05) is 25.1 Å². The lowest BCUT2D eigenvalue weighted by Gasteiger charge is -2.37. The van der Waals surface area contributed by atoms with Crippen molar-refractivity contribution in [2.75, 3.05) is 32.7 Å². The van der Waals surface area contributed by atoms with Gasteiger partial charge in [-0.2, -0.15) is 0 Å². The van der Waals surface area contributed by atoms with Gasteiger partial charge in [-0.15, -0.1) is 0 Å². The number of hydrogen-bond acceptors (Lipinski definition) is 4. The quantitative estimate of drug-likeness (QED) is 0.780. The van der Waals surface area contributed by atoms with Crippen LogP contribution in [0.4, 0.5) is 0 Å². The number of hydrogen-bond donors (Lipinski definition) is 0. The molecular formula is C22H28N2O3. The molecule has 2 aliphatic heterocycles. The van der Waals surface area contributed by atoms with Gasteiger partial charge in [0.2, 0.25) is 0 Å². The molecule has 5 nitrogen and oxygen atoms in total. The van der Waals surface area contributed by atoms with E-state index in [0.717, 1.165) is 43.8 Å². The van der Waals surface area contributed by atoms with Gasteiger partial charge in [0.15, 0.2) is 0 Å². The number of carbonyl (C=O) groups excluding carboxylic acids is 1. The first-order valence-electron chi connectivity index (χ1n) is 10.1. The molecule has 0 saturated carbocycles. The number of carbonyl (C=O) groups is 1. The first-order valence-corrected chi connectivity index (χ1v) is 10.1. The third kappa shape index (κ3) is 4.08. The van der Waals surface area contributed by atoms with Crippen molar-refractivity contribution in [3.63, 3.8) is 0 Å². The molecule has 4 rings (SSSR count). The van der Waals surface area contributed by atoms with E-state index < -0.39 is 5.63 Å². The molecule has 27 heavy (non-hydrogen) atoms. The molecule has 2 aromatic rings. The summed E-state index contributed by atoms with van der Waals surface area (Å²) in [5.41, 5.74) is 0.141. The van der Waals surface area contributed by atoms with Crippen molar-refractivity contribution in [1.82, 2.24) is 9.80 Å². The van der Waals surface area contributed by atoms with Crippen molar-refractivity contribution in [2.45, 2.75) is 32.6 Å². The Morgan fingerprint density at radius 2 is 1.93 bits per heavy atom. The van der Waals surface area contributed by atoms with E-state index in [2.05, 4.69) is 11.8 Å². The summed E-state index contributed by atoms with van der Waals surface area (Å²) >= 11 is 0. The summed E-state index contributed by atoms with van der Waals surface area (Å²) in [6.45, 7) is 7.17. The number of benzene rings is 1. The first-order chi connectivity index (χ1) is 13.1. The van der Waals surface area contributed by atoms with Crippen LogP contribution in [0.2, 0.25) is 0 Å². The van der Waals surface area contributed by atoms with Crippen LogP contribution in [0.15, 0.2) is 39.5 Å². The number of rotatable bonds is 3. The van der Waals surface area contributed by atoms with Crippen LogP contribution in [0.3, 0.4) is 0 Å². The first kappa shape index (κ1) is 18.2. The average Bonchev–Trinajstić information content (AvgIpc) is 2.69. The van der Waals surface area contributed by atoms with Crippen molar-refractivity contribution in [2.24, 2.45) is 11.8 Å². The highest BCUT2D eigenvalue weighted by Gasteiger charge is 2.28. The topological polar surface area (TPSA) is 53.8 Å². The largest absolute Gasteiger partial charge is 0.422 e. The molecule has 0 N–H and O–H groups in total. The van der Waals surface area contributed by atoms with Crippen LogP contribution in [-0.2, 0) is 0 Å². The number of fused-ring (bicyclic) bond motifs is 1. The number of piperidine rings is 2. The zero-order valence-corrected chi connectivity index (χ0v) is 16.0. The molecule has 3 heterocycles. The van der Waals surface area contributed by atoms with Crippen molar-refractivity contribution < 1.29 is 9.21 Å². The highest BCUT2D eigenvalue weighted by atomic mass is 16.4. The van der Waals surface area contributed by atoms with Crippen molar-refractivity contribution in [3.8, 4) is 0 Å². The molecule has 0 bridgehead atoms. The third-order valence-electron chi connectivity index (χ3n) is 6.07. The van der Waals surface area contributed by atoms with Gasteiger partial charge >= 0.3 is 5.63 Å². The Morgan fingerprint density at radius 3 is 2.74 bits per heavy atom. The van der Waals surface area contributed by atoms with E-state index in [1.54, 1.807) is 12.1 Å². The molecule has 1 aromatic heterocycles. The number of nitrogens with zero attached hydrogens (tertiary/aromatic N) is 2. The second-order valence-corrected chi connectivity index (χ2v) is 8.23. The lowest BCUT2D eigenvalue weighted by atomic mass is 9.94. The van der Waals surface area contributed by atoms with Gasteiger partial charge in [0.25, 0.3) is 5.91 Å². The number of amides is 1. The van der Waals surface area contributed by atoms with E-state index in [1.165, 1.54) is 25.9 Å². The molecule has 2 saturated heterocycles. The summed E-state index contributed by atoms with van der Waals surface area (Å²) in [6, 6.07) is 9.00. The SMILES string of the molecule is CC1CCN(C[C@H]2CCCN(C(=O)c3cc4ccccc4oc3=O)C2)CC1. The normalized spacial score (nSPS) is 22.3. The second kappa shape index (κ2) is 7.85. The predicted molar refractivity (Wildman–Crippen MR) is 106 cm³/mol. The Hall–Kier alpha value is -2.14. The van der Waals surface area contributed by atoms with Crippen molar-refractivity contribution >= 4 is 16.9 Å². The Balaban J connectivity index is 1.45. The smallest absolute Gasteiger partial charge is 0.349 e. The lowest BCUT2D eigenvalue weighted by molar-refractivity contribution is 0.0618. The summed E-state index contributed by atoms with van der Waals surface area (Å²) in [5, 5.41) is 0.788. The molecule has 0 spiro atoms. The lowest BCUT2D eigenvalue weighted by Crippen LogP contribution is -2.46. The van der Waals surface area contributed by atoms with Gasteiger partial charge in [-0.25, -0.2) is 4.79 Å². The fourth-order valence-corrected chi connectivity index (χ4v) is 4.39. The zero-order valence-electron chi connectivity index (χ0n) is 16.0. The fraction of sp³-hybridized carbons (Fsp3) is 0.545. The fourth-order valence-electron chi connectivity index (χ4n) is 4.39. The van der Waals surface area contributed by atoms with E-state index in [1.807, 2.05) is 23.1 Å². The number of para-hydroxylation sites is 1. The van der Waals surface area contributed by atoms with E-state index in [0.29, 0.717) is 11.5 Å². The highest BCUT2D eigenvalue weighted by molar-refractivity contribution is 5.96. The summed E-state index contributed by atoms with van der Waals surface area (Å²) < 4.78 is 5.35. The van der Waals surface area contributed by atoms with E-state index in [4.69, 9.17) is 4.42 Å². The van der Waals surface area contributed by atoms with Crippen LogP contribution in [0.25, 0.3) is 11.0 Å². The van der Waals surface area contributed by atoms with Crippen LogP contribution in [-0.4, -0.2) is 48.4 Å². The average molecular weight is 368 g/mol. The molecule has 5 heteroatoms. The Morgan fingerprint density at radius 1 is 1.15 bits per heavy atom. The minimum absolute atomic E-state index is 0.154. The van der Waals surface area contributed by atoms with Gasteiger partial charge < -0.3 is 14.2 Å². The Kier molecular flexibility index (Phi) is 5.30. The molecule has 1 atom stereocenters. The second-order valence-electron chi connectivity index (χ2n) is 8.23. The monoisotopic (exact) mass is 368 g/mol. The minimum Gasteiger partial charge on any atom is -0.422 e. The van der Waals surface area contributed by atoms with Crippen LogP contribution in [0.1, 0.15) is 43.0 Å². The molecular weight excluding hydrogens is 340 g/mol. The van der Waals surface area contributed by atoms with Crippen LogP contribution >= 0.6 is 0 Å². The van der Waals surface area contributed by atoms with E-state index in [9.17, 15) is 9.59 Å². The minimum atomic E-state index is -0.536. The number of likely N-dealkylation sites (tertiary alicyclic amines) is 2. The molecule has 0 radical (unpaired) electrons. The molecule has 1 aromatic carbocycles. The maximum atomic E-state index is 13.0. The molecule has 2 aliphatic rings. The zero-order chi connectivity index (χ0) is 18.8. The van der Waals surface area contributed by atoms with Gasteiger partial charge in [0.1, 0.15) is 11.1 Å². The molecule has 144 valence electrons. The van der Waals surface area contributed by atoms with Gasteiger partial charge in [-0.3, -0.25) is 4.79 Å². The summed E-state index contributed by atoms with van der Waals surface area (Å²) in [4.78, 5) is 29.7. The Bertz CT molecular complexity index is 867. The van der Waals surface area contributed by atoms with Gasteiger partial charge in [0, 0.05) is 25.0 Å². The maximum absolute atomic E-state index is 13.0. The van der Waals surface area contributed by atoms with Gasteiger partial charge in [-0.05, 0) is 62.7 Å². The predicted octanol–water partition coefficient (Wildman–Crippen LogP) is 3.38. The van der Waals surface area contributed by atoms with Crippen molar-refractivity contribution in [3.05, 3.63) is 46.3 Å². The Labute approximate surface area is 159 Å². The van der Waals surface area contributed by atoms with Crippen molar-refractivity contribution in [1.29, 1.82) is 0 Å². The molecule has 2 fully saturated rings. The van der Waals surface area contributed by atoms with Gasteiger partial charge in [0.05, 0.1) is 0 Å². The van der Waals surface area contributed by atoms with Crippen LogP contribution in [0.5, 0.6) is 0 Å². The summed E-state index contributed by atoms with van der Waals surface area (Å²) in [6.07, 6.45) is 4.70. The highest BCUT2D eigenvalue weighted by Crippen LogP contribution is 2.23. The van der Waals surface area contributed by atoms with E-state index >= 15 is 0 Å². The van der Waals surface area contributed by atoms with E-state index in [-0.39, 0.29) is 11.5 Å². The third-order valence-corrected chi connectivity index (χ3v) is 6.07.